The Balaban J connectivity index is 1.99. The van der Waals surface area contributed by atoms with Crippen molar-refractivity contribution in [3.8, 4) is 5.75 Å². The summed E-state index contributed by atoms with van der Waals surface area (Å²) in [4.78, 5) is 15.6. The van der Waals surface area contributed by atoms with E-state index in [0.29, 0.717) is 23.4 Å². The molecule has 3 N–H and O–H groups in total. The van der Waals surface area contributed by atoms with Crippen molar-refractivity contribution in [1.82, 2.24) is 0 Å². The van der Waals surface area contributed by atoms with Crippen LogP contribution in [0.25, 0.3) is 0 Å². The van der Waals surface area contributed by atoms with Crippen LogP contribution >= 0.6 is 11.8 Å². The molecule has 0 aromatic heterocycles. The number of amides is 1. The molecule has 0 bridgehead atoms. The number of phenols is 1. The smallest absolute Gasteiger partial charge is 0.258 e. The lowest BCUT2D eigenvalue weighted by Crippen LogP contribution is -2.35. The quantitative estimate of drug-likeness (QED) is 0.794. The predicted octanol–water partition coefficient (Wildman–Crippen LogP) is 3.04. The molecule has 0 saturated heterocycles. The third kappa shape index (κ3) is 2.56. The van der Waals surface area contributed by atoms with Gasteiger partial charge in [0.2, 0.25) is 0 Å². The van der Waals surface area contributed by atoms with Crippen molar-refractivity contribution in [2.45, 2.75) is 11.8 Å². The minimum atomic E-state index is -0.0646. The molecule has 1 amide bonds. The number of fused-ring (bicyclic) bond motifs is 1. The summed E-state index contributed by atoms with van der Waals surface area (Å²) >= 11 is 1.73. The average Bonchev–Trinajstić information content (AvgIpc) is 2.48. The lowest BCUT2D eigenvalue weighted by atomic mass is 10.1. The van der Waals surface area contributed by atoms with Crippen LogP contribution in [0.4, 0.5) is 11.4 Å². The fourth-order valence-corrected chi connectivity index (χ4v) is 3.37. The molecule has 1 aliphatic heterocycles. The molecule has 4 nitrogen and oxygen atoms in total. The number of rotatable bonds is 1. The molecule has 0 unspecified atom stereocenters. The minimum absolute atomic E-state index is 0.0646. The van der Waals surface area contributed by atoms with Crippen LogP contribution in [0.1, 0.15) is 15.9 Å². The molecular weight excluding hydrogens is 284 g/mol. The van der Waals surface area contributed by atoms with Crippen molar-refractivity contribution in [3.63, 3.8) is 0 Å². The Hall–Kier alpha value is -2.14. The van der Waals surface area contributed by atoms with Crippen molar-refractivity contribution in [2.24, 2.45) is 0 Å². The van der Waals surface area contributed by atoms with E-state index >= 15 is 0 Å². The zero-order chi connectivity index (χ0) is 15.0. The summed E-state index contributed by atoms with van der Waals surface area (Å²) in [6.07, 6.45) is 0. The molecule has 0 spiro atoms. The Morgan fingerprint density at radius 1 is 1.29 bits per heavy atom. The predicted molar refractivity (Wildman–Crippen MR) is 86.1 cm³/mol. The van der Waals surface area contributed by atoms with Crippen molar-refractivity contribution < 1.29 is 9.90 Å². The summed E-state index contributed by atoms with van der Waals surface area (Å²) < 4.78 is 0. The van der Waals surface area contributed by atoms with E-state index < -0.39 is 0 Å². The Morgan fingerprint density at radius 2 is 2.10 bits per heavy atom. The van der Waals surface area contributed by atoms with Crippen molar-refractivity contribution >= 4 is 29.0 Å². The number of nitrogens with two attached hydrogens (primary N) is 1. The van der Waals surface area contributed by atoms with E-state index in [-0.39, 0.29) is 11.7 Å². The fourth-order valence-electron chi connectivity index (χ4n) is 2.39. The maximum atomic E-state index is 12.7. The van der Waals surface area contributed by atoms with Crippen LogP contribution in [0.15, 0.2) is 41.3 Å². The molecule has 3 rings (SSSR count). The highest BCUT2D eigenvalue weighted by molar-refractivity contribution is 7.99. The maximum Gasteiger partial charge on any atom is 0.258 e. The van der Waals surface area contributed by atoms with Gasteiger partial charge >= 0.3 is 0 Å². The van der Waals surface area contributed by atoms with Gasteiger partial charge in [-0.3, -0.25) is 4.79 Å². The van der Waals surface area contributed by atoms with Crippen LogP contribution in [-0.2, 0) is 0 Å². The minimum Gasteiger partial charge on any atom is -0.508 e. The first-order valence-electron chi connectivity index (χ1n) is 6.70. The van der Waals surface area contributed by atoms with Gasteiger partial charge in [0.05, 0.1) is 5.69 Å². The van der Waals surface area contributed by atoms with E-state index in [9.17, 15) is 9.90 Å². The van der Waals surface area contributed by atoms with Gasteiger partial charge in [-0.15, -0.1) is 11.8 Å². The van der Waals surface area contributed by atoms with Crippen LogP contribution in [0.5, 0.6) is 5.75 Å². The molecule has 1 heterocycles. The van der Waals surface area contributed by atoms with Crippen molar-refractivity contribution in [3.05, 3.63) is 47.5 Å². The normalized spacial score (nSPS) is 13.9. The standard InChI is InChI=1S/C16H16N2O2S/c1-10-8-11(2-4-14(10)19)16(20)18-6-7-21-15-5-3-12(17)9-13(15)18/h2-5,8-9,19H,6-7,17H2,1H3. The summed E-state index contributed by atoms with van der Waals surface area (Å²) in [6, 6.07) is 10.6. The Morgan fingerprint density at radius 3 is 2.86 bits per heavy atom. The zero-order valence-corrected chi connectivity index (χ0v) is 12.5. The number of aromatic hydroxyl groups is 1. The molecule has 108 valence electrons. The van der Waals surface area contributed by atoms with E-state index in [0.717, 1.165) is 16.3 Å². The number of anilines is 2. The third-order valence-electron chi connectivity index (χ3n) is 3.54. The van der Waals surface area contributed by atoms with Crippen LogP contribution in [-0.4, -0.2) is 23.3 Å². The van der Waals surface area contributed by atoms with E-state index in [2.05, 4.69) is 0 Å². The van der Waals surface area contributed by atoms with E-state index in [4.69, 9.17) is 5.73 Å². The lowest BCUT2D eigenvalue weighted by molar-refractivity contribution is 0.0987. The van der Waals surface area contributed by atoms with Gasteiger partial charge < -0.3 is 15.7 Å². The summed E-state index contributed by atoms with van der Waals surface area (Å²) in [7, 11) is 0. The topological polar surface area (TPSA) is 66.6 Å². The molecule has 21 heavy (non-hydrogen) atoms. The second kappa shape index (κ2) is 5.33. The third-order valence-corrected chi connectivity index (χ3v) is 4.58. The SMILES string of the molecule is Cc1cc(C(=O)N2CCSc3ccc(N)cc32)ccc1O. The molecule has 2 aromatic carbocycles. The van der Waals surface area contributed by atoms with Gasteiger partial charge in [0.25, 0.3) is 5.91 Å². The second-order valence-electron chi connectivity index (χ2n) is 5.03. The second-order valence-corrected chi connectivity index (χ2v) is 6.17. The van der Waals surface area contributed by atoms with Crippen molar-refractivity contribution in [2.75, 3.05) is 22.9 Å². The van der Waals surface area contributed by atoms with Gasteiger partial charge in [-0.25, -0.2) is 0 Å². The number of phenolic OH excluding ortho intramolecular Hbond substituents is 1. The Labute approximate surface area is 127 Å². The van der Waals surface area contributed by atoms with E-state index in [1.807, 2.05) is 18.2 Å². The van der Waals surface area contributed by atoms with E-state index in [1.54, 1.807) is 41.8 Å². The number of carbonyl (C=O) groups excluding carboxylic acids is 1. The molecule has 0 aliphatic carbocycles. The van der Waals surface area contributed by atoms with Crippen molar-refractivity contribution in [1.29, 1.82) is 0 Å². The number of carbonyl (C=O) groups is 1. The lowest BCUT2D eigenvalue weighted by Gasteiger charge is -2.29. The summed E-state index contributed by atoms with van der Waals surface area (Å²) in [5.74, 6) is 0.996. The highest BCUT2D eigenvalue weighted by Gasteiger charge is 2.24. The molecule has 5 heteroatoms. The van der Waals surface area contributed by atoms with Gasteiger partial charge in [0.15, 0.2) is 0 Å². The Bertz CT molecular complexity index is 715. The molecule has 0 saturated carbocycles. The summed E-state index contributed by atoms with van der Waals surface area (Å²) in [5.41, 5.74) is 8.63. The number of hydrogen-bond acceptors (Lipinski definition) is 4. The summed E-state index contributed by atoms with van der Waals surface area (Å²) in [5, 5.41) is 9.59. The first kappa shape index (κ1) is 13.8. The summed E-state index contributed by atoms with van der Waals surface area (Å²) in [6.45, 7) is 2.43. The molecular formula is C16H16N2O2S. The number of nitrogen functional groups attached to an aromatic ring is 1. The number of thioether (sulfide) groups is 1. The van der Waals surface area contributed by atoms with Crippen LogP contribution in [0, 0.1) is 6.92 Å². The number of aryl methyl sites for hydroxylation is 1. The molecule has 0 radical (unpaired) electrons. The van der Waals surface area contributed by atoms with Crippen LogP contribution in [0.3, 0.4) is 0 Å². The van der Waals surface area contributed by atoms with E-state index in [1.165, 1.54) is 0 Å². The molecule has 2 aromatic rings. The first-order chi connectivity index (χ1) is 10.1. The Kier molecular flexibility index (Phi) is 3.51. The monoisotopic (exact) mass is 300 g/mol. The number of hydrogen-bond donors (Lipinski definition) is 2. The van der Waals surface area contributed by atoms with Gasteiger partial charge in [-0.05, 0) is 48.9 Å². The van der Waals surface area contributed by atoms with Gasteiger partial charge in [-0.2, -0.15) is 0 Å². The van der Waals surface area contributed by atoms with Crippen LogP contribution in [0.2, 0.25) is 0 Å². The van der Waals surface area contributed by atoms with Gasteiger partial charge in [-0.1, -0.05) is 0 Å². The molecule has 0 fully saturated rings. The first-order valence-corrected chi connectivity index (χ1v) is 7.68. The zero-order valence-electron chi connectivity index (χ0n) is 11.7. The molecule has 0 atom stereocenters. The number of benzene rings is 2. The highest BCUT2D eigenvalue weighted by atomic mass is 32.2. The van der Waals surface area contributed by atoms with Gasteiger partial charge in [0, 0.05) is 28.4 Å². The molecule has 1 aliphatic rings. The number of nitrogens with zero attached hydrogens (tertiary/aromatic N) is 1. The van der Waals surface area contributed by atoms with Gasteiger partial charge in [0.1, 0.15) is 5.75 Å². The van der Waals surface area contributed by atoms with Crippen LogP contribution < -0.4 is 10.6 Å². The average molecular weight is 300 g/mol. The maximum absolute atomic E-state index is 12.7. The highest BCUT2D eigenvalue weighted by Crippen LogP contribution is 2.36. The largest absolute Gasteiger partial charge is 0.508 e. The fraction of sp³-hybridized carbons (Fsp3) is 0.188.